The number of amides is 1. The topological polar surface area (TPSA) is 82.9 Å². The van der Waals surface area contributed by atoms with Crippen molar-refractivity contribution in [1.82, 2.24) is 14.7 Å². The van der Waals surface area contributed by atoms with Crippen molar-refractivity contribution in [3.63, 3.8) is 0 Å². The van der Waals surface area contributed by atoms with Gasteiger partial charge in [-0.3, -0.25) is 4.68 Å². The number of carbonyl (C=O) groups is 2. The zero-order chi connectivity index (χ0) is 26.2. The number of aromatic nitrogens is 2. The third-order valence-electron chi connectivity index (χ3n) is 6.75. The normalized spacial score (nSPS) is 16.6. The summed E-state index contributed by atoms with van der Waals surface area (Å²) in [6.07, 6.45) is 3.34. The molecule has 1 amide bonds. The predicted octanol–water partition coefficient (Wildman–Crippen LogP) is 6.09. The average molecular weight is 504 g/mol. The van der Waals surface area contributed by atoms with E-state index in [1.165, 1.54) is 0 Å². The van der Waals surface area contributed by atoms with Gasteiger partial charge in [-0.15, -0.1) is 0 Å². The molecule has 8 heteroatoms. The van der Waals surface area contributed by atoms with E-state index < -0.39 is 5.60 Å². The van der Waals surface area contributed by atoms with Gasteiger partial charge in [0.1, 0.15) is 28.4 Å². The van der Waals surface area contributed by atoms with Crippen molar-refractivity contribution in [2.45, 2.75) is 52.2 Å². The lowest BCUT2D eigenvalue weighted by Crippen LogP contribution is -2.64. The van der Waals surface area contributed by atoms with Gasteiger partial charge in [0.2, 0.25) is 0 Å². The second-order valence-corrected chi connectivity index (χ2v) is 10.9. The summed E-state index contributed by atoms with van der Waals surface area (Å²) >= 11 is 0. The minimum atomic E-state index is -0.497. The number of ether oxygens (including phenoxy) is 3. The lowest BCUT2D eigenvalue weighted by molar-refractivity contribution is -0.0927. The van der Waals surface area contributed by atoms with Crippen molar-refractivity contribution < 1.29 is 23.8 Å². The highest BCUT2D eigenvalue weighted by Gasteiger charge is 2.55. The number of para-hydroxylation sites is 1. The number of esters is 1. The van der Waals surface area contributed by atoms with Crippen molar-refractivity contribution in [3.8, 4) is 22.8 Å². The molecular formula is C29H33N3O5. The van der Waals surface area contributed by atoms with Gasteiger partial charge in [-0.1, -0.05) is 18.2 Å². The Kier molecular flexibility index (Phi) is 6.43. The Morgan fingerprint density at radius 2 is 1.65 bits per heavy atom. The largest absolute Gasteiger partial charge is 0.462 e. The van der Waals surface area contributed by atoms with Crippen molar-refractivity contribution in [3.05, 3.63) is 66.4 Å². The van der Waals surface area contributed by atoms with Crippen molar-refractivity contribution in [1.29, 1.82) is 0 Å². The van der Waals surface area contributed by atoms with Crippen LogP contribution in [0.2, 0.25) is 0 Å². The van der Waals surface area contributed by atoms with Crippen LogP contribution in [0.15, 0.2) is 60.8 Å². The van der Waals surface area contributed by atoms with Crippen molar-refractivity contribution >= 4 is 12.1 Å². The summed E-state index contributed by atoms with van der Waals surface area (Å²) in [5, 5.41) is 4.82. The average Bonchev–Trinajstić information content (AvgIpc) is 3.23. The number of hydrogen-bond donors (Lipinski definition) is 0. The Hall–Kier alpha value is -3.81. The molecule has 1 spiro atoms. The highest BCUT2D eigenvalue weighted by Crippen LogP contribution is 2.54. The number of hydrogen-bond acceptors (Lipinski definition) is 6. The molecule has 1 aromatic heterocycles. The molecule has 2 fully saturated rings. The SMILES string of the molecule is CCOC(=O)c1cn(C2CC3(C2)CN(C(=O)OC(C)(C)C)C3)nc1-c1ccc(Oc2ccccc2)cc1. The maximum absolute atomic E-state index is 12.8. The molecule has 194 valence electrons. The molecule has 0 bridgehead atoms. The summed E-state index contributed by atoms with van der Waals surface area (Å²) < 4.78 is 18.6. The Bertz CT molecular complexity index is 1260. The maximum atomic E-state index is 12.8. The van der Waals surface area contributed by atoms with Crippen LogP contribution in [-0.2, 0) is 9.47 Å². The summed E-state index contributed by atoms with van der Waals surface area (Å²) in [4.78, 5) is 26.8. The molecule has 3 aromatic rings. The summed E-state index contributed by atoms with van der Waals surface area (Å²) in [5.74, 6) is 1.07. The van der Waals surface area contributed by atoms with Crippen LogP contribution in [0, 0.1) is 5.41 Å². The fourth-order valence-corrected chi connectivity index (χ4v) is 5.06. The first kappa shape index (κ1) is 24.9. The van der Waals surface area contributed by atoms with E-state index in [-0.39, 0.29) is 23.5 Å². The highest BCUT2D eigenvalue weighted by molar-refractivity contribution is 5.96. The van der Waals surface area contributed by atoms with Crippen molar-refractivity contribution in [2.24, 2.45) is 5.41 Å². The number of benzene rings is 2. The molecule has 2 heterocycles. The first-order chi connectivity index (χ1) is 17.6. The number of carbonyl (C=O) groups excluding carboxylic acids is 2. The summed E-state index contributed by atoms with van der Waals surface area (Å²) in [6, 6.07) is 17.3. The zero-order valence-electron chi connectivity index (χ0n) is 21.8. The van der Waals surface area contributed by atoms with Crippen LogP contribution in [0.4, 0.5) is 4.79 Å². The Morgan fingerprint density at radius 3 is 2.27 bits per heavy atom. The molecule has 1 aliphatic carbocycles. The van der Waals surface area contributed by atoms with Crippen LogP contribution in [0.25, 0.3) is 11.3 Å². The summed E-state index contributed by atoms with van der Waals surface area (Å²) in [6.45, 7) is 9.10. The second-order valence-electron chi connectivity index (χ2n) is 10.9. The third kappa shape index (κ3) is 5.33. The fraction of sp³-hybridized carbons (Fsp3) is 0.414. The fourth-order valence-electron chi connectivity index (χ4n) is 5.06. The Balaban J connectivity index is 1.28. The van der Waals surface area contributed by atoms with Gasteiger partial charge in [-0.25, -0.2) is 9.59 Å². The van der Waals surface area contributed by atoms with Gasteiger partial charge >= 0.3 is 12.1 Å². The second kappa shape index (κ2) is 9.57. The molecule has 1 saturated heterocycles. The smallest absolute Gasteiger partial charge is 0.410 e. The highest BCUT2D eigenvalue weighted by atomic mass is 16.6. The molecule has 37 heavy (non-hydrogen) atoms. The first-order valence-electron chi connectivity index (χ1n) is 12.7. The van der Waals surface area contributed by atoms with Gasteiger partial charge in [-0.2, -0.15) is 5.10 Å². The van der Waals surface area contributed by atoms with Gasteiger partial charge in [0.05, 0.1) is 12.6 Å². The number of rotatable bonds is 6. The standard InChI is InChI=1S/C29H33N3O5/c1-5-35-26(33)24-17-32(21-15-29(16-21)18-31(19-29)27(34)37-28(2,3)4)30-25(24)20-11-13-23(14-12-20)36-22-9-7-6-8-10-22/h6-14,17,21H,5,15-16,18-19H2,1-4H3. The quantitative estimate of drug-likeness (QED) is 0.379. The molecular weight excluding hydrogens is 470 g/mol. The predicted molar refractivity (Wildman–Crippen MR) is 139 cm³/mol. The molecule has 0 radical (unpaired) electrons. The summed E-state index contributed by atoms with van der Waals surface area (Å²) in [5.41, 5.74) is 1.46. The molecule has 0 atom stereocenters. The van der Waals surface area contributed by atoms with E-state index in [1.807, 2.05) is 80.1 Å². The van der Waals surface area contributed by atoms with E-state index >= 15 is 0 Å². The number of likely N-dealkylation sites (tertiary alicyclic amines) is 1. The molecule has 0 unspecified atom stereocenters. The van der Waals surface area contributed by atoms with E-state index in [0.717, 1.165) is 24.2 Å². The molecule has 5 rings (SSSR count). The van der Waals surface area contributed by atoms with Crippen LogP contribution in [-0.4, -0.2) is 52.0 Å². The lowest BCUT2D eigenvalue weighted by atomic mass is 9.61. The van der Waals surface area contributed by atoms with E-state index in [1.54, 1.807) is 18.0 Å². The third-order valence-corrected chi connectivity index (χ3v) is 6.75. The molecule has 1 saturated carbocycles. The monoisotopic (exact) mass is 503 g/mol. The van der Waals surface area contributed by atoms with Gasteiger partial charge in [0.15, 0.2) is 0 Å². The maximum Gasteiger partial charge on any atom is 0.410 e. The van der Waals surface area contributed by atoms with Crippen LogP contribution < -0.4 is 4.74 Å². The minimum Gasteiger partial charge on any atom is -0.462 e. The van der Waals surface area contributed by atoms with Gasteiger partial charge in [0.25, 0.3) is 0 Å². The molecule has 1 aliphatic heterocycles. The van der Waals surface area contributed by atoms with E-state index in [9.17, 15) is 9.59 Å². The zero-order valence-corrected chi connectivity index (χ0v) is 21.8. The van der Waals surface area contributed by atoms with Crippen LogP contribution in [0.5, 0.6) is 11.5 Å². The van der Waals surface area contributed by atoms with Crippen LogP contribution in [0.1, 0.15) is 56.9 Å². The van der Waals surface area contributed by atoms with E-state index in [4.69, 9.17) is 19.3 Å². The molecule has 2 aliphatic rings. The van der Waals surface area contributed by atoms with Gasteiger partial charge in [0, 0.05) is 30.3 Å². The first-order valence-corrected chi connectivity index (χ1v) is 12.7. The summed E-state index contributed by atoms with van der Waals surface area (Å²) in [7, 11) is 0. The Labute approximate surface area is 217 Å². The van der Waals surface area contributed by atoms with Crippen molar-refractivity contribution in [2.75, 3.05) is 19.7 Å². The Morgan fingerprint density at radius 1 is 1.00 bits per heavy atom. The lowest BCUT2D eigenvalue weighted by Gasteiger charge is -2.58. The molecule has 2 aromatic carbocycles. The molecule has 0 N–H and O–H groups in total. The minimum absolute atomic E-state index is 0.105. The van der Waals surface area contributed by atoms with Gasteiger partial charge in [-0.05, 0) is 76.9 Å². The van der Waals surface area contributed by atoms with Gasteiger partial charge < -0.3 is 19.1 Å². The van der Waals surface area contributed by atoms with Crippen LogP contribution >= 0.6 is 0 Å². The molecule has 8 nitrogen and oxygen atoms in total. The van der Waals surface area contributed by atoms with E-state index in [2.05, 4.69) is 0 Å². The van der Waals surface area contributed by atoms with E-state index in [0.29, 0.717) is 36.7 Å². The van der Waals surface area contributed by atoms with Crippen LogP contribution in [0.3, 0.4) is 0 Å². The number of nitrogens with zero attached hydrogens (tertiary/aromatic N) is 3.